The van der Waals surface area contributed by atoms with Crippen molar-refractivity contribution in [1.82, 2.24) is 19.3 Å². The summed E-state index contributed by atoms with van der Waals surface area (Å²) in [7, 11) is 1.41. The van der Waals surface area contributed by atoms with Crippen LogP contribution < -0.4 is 9.47 Å². The second-order valence-corrected chi connectivity index (χ2v) is 8.43. The van der Waals surface area contributed by atoms with Crippen LogP contribution in [0, 0.1) is 17.7 Å². The van der Waals surface area contributed by atoms with Gasteiger partial charge in [0.05, 0.1) is 30.6 Å². The number of halogens is 1. The van der Waals surface area contributed by atoms with Crippen molar-refractivity contribution >= 4 is 11.4 Å². The number of amides is 1. The van der Waals surface area contributed by atoms with E-state index in [2.05, 4.69) is 16.8 Å². The van der Waals surface area contributed by atoms with Crippen LogP contribution in [0.25, 0.3) is 16.8 Å². The molecule has 1 unspecified atom stereocenters. The number of rotatable bonds is 5. The molecule has 0 aliphatic carbocycles. The summed E-state index contributed by atoms with van der Waals surface area (Å²) in [4.78, 5) is 23.8. The summed E-state index contributed by atoms with van der Waals surface area (Å²) in [6.45, 7) is 2.32. The maximum absolute atomic E-state index is 14.5. The van der Waals surface area contributed by atoms with E-state index in [9.17, 15) is 9.18 Å². The highest BCUT2D eigenvalue weighted by atomic mass is 19.1. The van der Waals surface area contributed by atoms with E-state index >= 15 is 0 Å². The zero-order valence-electron chi connectivity index (χ0n) is 20.1. The van der Waals surface area contributed by atoms with E-state index in [1.165, 1.54) is 13.2 Å². The fraction of sp³-hybridized carbons (Fsp3) is 0.250. The number of benzene rings is 2. The predicted molar refractivity (Wildman–Crippen MR) is 133 cm³/mol. The third kappa shape index (κ3) is 4.36. The van der Waals surface area contributed by atoms with Gasteiger partial charge in [-0.2, -0.15) is 4.39 Å². The first kappa shape index (κ1) is 23.4. The second kappa shape index (κ2) is 10.1. The normalized spacial score (nSPS) is 15.3. The first-order valence-electron chi connectivity index (χ1n) is 11.8. The maximum atomic E-state index is 14.5. The molecule has 0 spiro atoms. The van der Waals surface area contributed by atoms with Crippen molar-refractivity contribution in [3.05, 3.63) is 72.7 Å². The third-order valence-corrected chi connectivity index (χ3v) is 6.27. The number of hydrogen-bond acceptors (Lipinski definition) is 5. The summed E-state index contributed by atoms with van der Waals surface area (Å²) < 4.78 is 27.3. The average molecular weight is 485 g/mol. The zero-order chi connectivity index (χ0) is 25.1. The molecule has 2 aromatic heterocycles. The molecule has 1 saturated heterocycles. The number of ether oxygens (including phenoxy) is 2. The Morgan fingerprint density at radius 1 is 1.14 bits per heavy atom. The van der Waals surface area contributed by atoms with Crippen molar-refractivity contribution in [2.75, 3.05) is 13.7 Å². The number of hydrogen-bond donors (Lipinski definition) is 0. The number of methoxy groups -OCH3 is 1. The fourth-order valence-electron chi connectivity index (χ4n) is 4.57. The van der Waals surface area contributed by atoms with Crippen LogP contribution in [0.1, 0.15) is 38.1 Å². The number of fused-ring (bicyclic) bond motifs is 1. The van der Waals surface area contributed by atoms with Crippen molar-refractivity contribution in [1.29, 1.82) is 0 Å². The summed E-state index contributed by atoms with van der Waals surface area (Å²) in [6, 6.07) is 11.9. The molecule has 5 rings (SSSR count). The van der Waals surface area contributed by atoms with E-state index < -0.39 is 5.82 Å². The lowest BCUT2D eigenvalue weighted by atomic mass is 10.0. The summed E-state index contributed by atoms with van der Waals surface area (Å²) in [6.07, 6.45) is 8.12. The monoisotopic (exact) mass is 484 g/mol. The number of carbonyl (C=O) groups excluding carboxylic acids is 1. The molecule has 0 radical (unpaired) electrons. The molecule has 7 nitrogen and oxygen atoms in total. The highest BCUT2D eigenvalue weighted by Gasteiger charge is 2.31. The minimum atomic E-state index is -0.556. The number of nitrogens with zero attached hydrogens (tertiary/aromatic N) is 4. The van der Waals surface area contributed by atoms with Gasteiger partial charge in [-0.25, -0.2) is 4.98 Å². The van der Waals surface area contributed by atoms with Gasteiger partial charge in [0.15, 0.2) is 11.5 Å². The number of imidazole rings is 1. The van der Waals surface area contributed by atoms with Gasteiger partial charge < -0.3 is 14.4 Å². The molecule has 0 N–H and O–H groups in total. The fourth-order valence-corrected chi connectivity index (χ4v) is 4.57. The van der Waals surface area contributed by atoms with Gasteiger partial charge in [0.25, 0.3) is 5.91 Å². The minimum Gasteiger partial charge on any atom is -0.494 e. The van der Waals surface area contributed by atoms with Crippen molar-refractivity contribution in [2.24, 2.45) is 0 Å². The van der Waals surface area contributed by atoms with Crippen LogP contribution in [0.5, 0.6) is 17.2 Å². The molecular weight excluding hydrogens is 459 g/mol. The molecule has 36 heavy (non-hydrogen) atoms. The molecule has 1 aliphatic rings. The van der Waals surface area contributed by atoms with E-state index in [4.69, 9.17) is 14.5 Å². The Bertz CT molecular complexity index is 1470. The molecule has 3 heterocycles. The van der Waals surface area contributed by atoms with Gasteiger partial charge in [0.2, 0.25) is 5.82 Å². The van der Waals surface area contributed by atoms with Crippen molar-refractivity contribution in [3.63, 3.8) is 0 Å². The minimum absolute atomic E-state index is 0.0817. The first-order valence-corrected chi connectivity index (χ1v) is 11.8. The number of aromatic nitrogens is 3. The van der Waals surface area contributed by atoms with Gasteiger partial charge in [0, 0.05) is 24.5 Å². The van der Waals surface area contributed by atoms with E-state index in [1.54, 1.807) is 43.6 Å². The maximum Gasteiger partial charge on any atom is 0.299 e. The van der Waals surface area contributed by atoms with E-state index in [0.29, 0.717) is 12.3 Å². The van der Waals surface area contributed by atoms with Gasteiger partial charge in [-0.05, 0) is 68.5 Å². The molecular formula is C28H25FN4O3. The quantitative estimate of drug-likeness (QED) is 0.354. The Hall–Kier alpha value is -4.38. The first-order chi connectivity index (χ1) is 17.6. The smallest absolute Gasteiger partial charge is 0.299 e. The van der Waals surface area contributed by atoms with Crippen LogP contribution in [0.15, 0.2) is 61.1 Å². The number of likely N-dealkylation sites (tertiary alicyclic amines) is 1. The molecule has 2 aromatic carbocycles. The Morgan fingerprint density at radius 3 is 2.72 bits per heavy atom. The summed E-state index contributed by atoms with van der Waals surface area (Å²) in [5, 5.41) is 0. The van der Waals surface area contributed by atoms with Gasteiger partial charge in [-0.15, -0.1) is 0 Å². The van der Waals surface area contributed by atoms with Crippen LogP contribution >= 0.6 is 0 Å². The van der Waals surface area contributed by atoms with Crippen LogP contribution in [-0.4, -0.2) is 38.8 Å². The van der Waals surface area contributed by atoms with Gasteiger partial charge in [-0.3, -0.25) is 14.2 Å². The Kier molecular flexibility index (Phi) is 6.54. The van der Waals surface area contributed by atoms with Crippen LogP contribution in [0.2, 0.25) is 0 Å². The molecule has 1 amide bonds. The number of carbonyl (C=O) groups is 1. The van der Waals surface area contributed by atoms with Crippen molar-refractivity contribution < 1.29 is 18.7 Å². The lowest BCUT2D eigenvalue weighted by Crippen LogP contribution is -2.38. The molecule has 8 heteroatoms. The summed E-state index contributed by atoms with van der Waals surface area (Å²) >= 11 is 0. The largest absolute Gasteiger partial charge is 0.494 e. The van der Waals surface area contributed by atoms with Gasteiger partial charge in [0.1, 0.15) is 11.6 Å². The predicted octanol–water partition coefficient (Wildman–Crippen LogP) is 5.41. The number of piperidine rings is 1. The molecule has 1 atom stereocenters. The molecule has 4 aromatic rings. The second-order valence-electron chi connectivity index (χ2n) is 8.43. The Balaban J connectivity index is 1.49. The van der Waals surface area contributed by atoms with E-state index in [0.717, 1.165) is 41.9 Å². The highest BCUT2D eigenvalue weighted by molar-refractivity contribution is 5.93. The lowest BCUT2D eigenvalue weighted by Gasteiger charge is -2.33. The standard InChI is InChI=1S/C28H25FN4O3/c1-3-7-25(34)32-16-5-4-8-21(32)28-31-27(22-18-30-15-17-33(22)28)19-11-13-20(14-12-19)36-24-10-6-9-23(35-2)26(24)29/h6,9-15,17-18,21H,4-5,8,16H2,1-2H3. The van der Waals surface area contributed by atoms with Crippen molar-refractivity contribution in [3.8, 4) is 40.3 Å². The lowest BCUT2D eigenvalue weighted by molar-refractivity contribution is -0.129. The van der Waals surface area contributed by atoms with E-state index in [1.807, 2.05) is 27.6 Å². The Morgan fingerprint density at radius 2 is 1.94 bits per heavy atom. The molecule has 1 aliphatic heterocycles. The van der Waals surface area contributed by atoms with Crippen molar-refractivity contribution in [2.45, 2.75) is 32.2 Å². The molecule has 0 saturated carbocycles. The van der Waals surface area contributed by atoms with Crippen LogP contribution in [0.3, 0.4) is 0 Å². The van der Waals surface area contributed by atoms with Crippen LogP contribution in [-0.2, 0) is 4.79 Å². The summed E-state index contributed by atoms with van der Waals surface area (Å²) in [5.74, 6) is 6.13. The SMILES string of the molecule is CC#CC(=O)N1CCCCC1c1nc(-c2ccc(Oc3cccc(OC)c3F)cc2)c2cnccn12. The molecule has 1 fully saturated rings. The Labute approximate surface area is 208 Å². The van der Waals surface area contributed by atoms with Gasteiger partial charge in [-0.1, -0.05) is 12.0 Å². The third-order valence-electron chi connectivity index (χ3n) is 6.27. The highest BCUT2D eigenvalue weighted by Crippen LogP contribution is 2.35. The average Bonchev–Trinajstić information content (AvgIpc) is 3.30. The topological polar surface area (TPSA) is 69.0 Å². The van der Waals surface area contributed by atoms with Crippen LogP contribution in [0.4, 0.5) is 4.39 Å². The molecule has 0 bridgehead atoms. The van der Waals surface area contributed by atoms with E-state index in [-0.39, 0.29) is 23.4 Å². The zero-order valence-corrected chi connectivity index (χ0v) is 20.1. The molecule has 182 valence electrons. The van der Waals surface area contributed by atoms with Gasteiger partial charge >= 0.3 is 0 Å². The summed E-state index contributed by atoms with van der Waals surface area (Å²) in [5.41, 5.74) is 2.43.